The number of allylic oxidation sites excluding steroid dienone is 1. The quantitative estimate of drug-likeness (QED) is 0.586. The summed E-state index contributed by atoms with van der Waals surface area (Å²) in [5, 5.41) is 11.8. The number of nitrogens with two attached hydrogens (primary N) is 1. The number of nitriles is 1. The maximum absolute atomic E-state index is 10.9. The highest BCUT2D eigenvalue weighted by Gasteiger charge is 2.07. The van der Waals surface area contributed by atoms with E-state index >= 15 is 0 Å². The molecule has 0 aromatic heterocycles. The number of benzene rings is 1. The van der Waals surface area contributed by atoms with Crippen LogP contribution in [0.25, 0.3) is 0 Å². The lowest BCUT2D eigenvalue weighted by atomic mass is 10.1. The van der Waals surface area contributed by atoms with Crippen molar-refractivity contribution >= 4 is 5.91 Å². The summed E-state index contributed by atoms with van der Waals surface area (Å²) >= 11 is 0. The van der Waals surface area contributed by atoms with E-state index in [1.165, 1.54) is 5.56 Å². The number of hydrogen-bond acceptors (Lipinski definition) is 3. The van der Waals surface area contributed by atoms with Gasteiger partial charge >= 0.3 is 0 Å². The minimum atomic E-state index is -0.697. The standard InChI is InChI=1S/C13H15N3O/c1-10(12(9-14)13(15)17)16-8-7-11-5-3-2-4-6-11/h2-6,16H,7-8H2,1H3,(H2,15,17)/b12-10+. The van der Waals surface area contributed by atoms with Crippen LogP contribution >= 0.6 is 0 Å². The van der Waals surface area contributed by atoms with Crippen molar-refractivity contribution in [1.82, 2.24) is 5.32 Å². The number of rotatable bonds is 5. The van der Waals surface area contributed by atoms with Gasteiger partial charge in [-0.1, -0.05) is 30.3 Å². The fraction of sp³-hybridized carbons (Fsp3) is 0.231. The zero-order valence-electron chi connectivity index (χ0n) is 9.73. The predicted molar refractivity (Wildman–Crippen MR) is 65.7 cm³/mol. The van der Waals surface area contributed by atoms with Crippen molar-refractivity contribution in [2.45, 2.75) is 13.3 Å². The van der Waals surface area contributed by atoms with Crippen molar-refractivity contribution in [2.75, 3.05) is 6.54 Å². The second-order valence-electron chi connectivity index (χ2n) is 3.64. The maximum atomic E-state index is 10.9. The Hall–Kier alpha value is -2.28. The molecule has 0 unspecified atom stereocenters. The molecule has 0 aliphatic rings. The van der Waals surface area contributed by atoms with Gasteiger partial charge in [0.25, 0.3) is 5.91 Å². The Morgan fingerprint density at radius 2 is 2.06 bits per heavy atom. The number of nitrogens with one attached hydrogen (secondary N) is 1. The minimum absolute atomic E-state index is 0.0157. The van der Waals surface area contributed by atoms with E-state index in [4.69, 9.17) is 11.0 Å². The van der Waals surface area contributed by atoms with E-state index in [0.29, 0.717) is 12.2 Å². The number of carbonyl (C=O) groups excluding carboxylic acids is 1. The zero-order chi connectivity index (χ0) is 12.7. The number of amides is 1. The zero-order valence-corrected chi connectivity index (χ0v) is 9.73. The second kappa shape index (κ2) is 6.33. The molecule has 4 heteroatoms. The van der Waals surface area contributed by atoms with Gasteiger partial charge in [-0.2, -0.15) is 5.26 Å². The number of nitrogens with zero attached hydrogens (tertiary/aromatic N) is 1. The van der Waals surface area contributed by atoms with Crippen LogP contribution in [-0.4, -0.2) is 12.5 Å². The average Bonchev–Trinajstić information content (AvgIpc) is 2.30. The lowest BCUT2D eigenvalue weighted by molar-refractivity contribution is -0.114. The van der Waals surface area contributed by atoms with E-state index in [1.807, 2.05) is 30.3 Å². The molecule has 0 fully saturated rings. The third kappa shape index (κ3) is 3.99. The number of carbonyl (C=O) groups is 1. The lowest BCUT2D eigenvalue weighted by Gasteiger charge is -2.07. The largest absolute Gasteiger partial charge is 0.387 e. The van der Waals surface area contributed by atoms with Gasteiger partial charge in [-0.25, -0.2) is 0 Å². The molecule has 17 heavy (non-hydrogen) atoms. The van der Waals surface area contributed by atoms with Crippen LogP contribution in [0, 0.1) is 11.3 Å². The van der Waals surface area contributed by atoms with Crippen molar-refractivity contribution in [1.29, 1.82) is 5.26 Å². The van der Waals surface area contributed by atoms with Gasteiger partial charge in [0, 0.05) is 12.2 Å². The molecule has 0 spiro atoms. The van der Waals surface area contributed by atoms with Gasteiger partial charge in [-0.05, 0) is 18.9 Å². The Morgan fingerprint density at radius 1 is 1.41 bits per heavy atom. The van der Waals surface area contributed by atoms with Crippen molar-refractivity contribution in [3.63, 3.8) is 0 Å². The fourth-order valence-electron chi connectivity index (χ4n) is 1.45. The predicted octanol–water partition coefficient (Wildman–Crippen LogP) is 1.10. The Morgan fingerprint density at radius 3 is 2.59 bits per heavy atom. The molecular formula is C13H15N3O. The summed E-state index contributed by atoms with van der Waals surface area (Å²) in [4.78, 5) is 10.9. The highest BCUT2D eigenvalue weighted by Crippen LogP contribution is 2.01. The summed E-state index contributed by atoms with van der Waals surface area (Å²) < 4.78 is 0. The molecule has 1 amide bonds. The van der Waals surface area contributed by atoms with Crippen LogP contribution in [0.2, 0.25) is 0 Å². The molecule has 1 aromatic rings. The van der Waals surface area contributed by atoms with Crippen LogP contribution in [0.1, 0.15) is 12.5 Å². The molecule has 0 heterocycles. The van der Waals surface area contributed by atoms with E-state index in [1.54, 1.807) is 13.0 Å². The van der Waals surface area contributed by atoms with Gasteiger partial charge in [0.05, 0.1) is 0 Å². The summed E-state index contributed by atoms with van der Waals surface area (Å²) in [6.45, 7) is 2.34. The molecule has 0 atom stereocenters. The van der Waals surface area contributed by atoms with Crippen LogP contribution in [0.4, 0.5) is 0 Å². The Kier molecular flexibility index (Phi) is 4.77. The third-order valence-corrected chi connectivity index (χ3v) is 2.38. The molecule has 4 nitrogen and oxygen atoms in total. The van der Waals surface area contributed by atoms with Crippen LogP contribution in [0.3, 0.4) is 0 Å². The minimum Gasteiger partial charge on any atom is -0.387 e. The van der Waals surface area contributed by atoms with Crippen molar-refractivity contribution in [3.8, 4) is 6.07 Å². The number of hydrogen-bond donors (Lipinski definition) is 2. The molecule has 0 aliphatic carbocycles. The van der Waals surface area contributed by atoms with Gasteiger partial charge in [0.1, 0.15) is 11.6 Å². The first-order valence-electron chi connectivity index (χ1n) is 5.33. The molecule has 1 rings (SSSR count). The van der Waals surface area contributed by atoms with Crippen molar-refractivity contribution in [2.24, 2.45) is 5.73 Å². The Labute approximate surface area is 101 Å². The van der Waals surface area contributed by atoms with Crippen LogP contribution in [0.5, 0.6) is 0 Å². The molecule has 0 saturated heterocycles. The fourth-order valence-corrected chi connectivity index (χ4v) is 1.45. The Bertz CT molecular complexity index is 457. The smallest absolute Gasteiger partial charge is 0.261 e. The van der Waals surface area contributed by atoms with Gasteiger partial charge in [0.2, 0.25) is 0 Å². The van der Waals surface area contributed by atoms with Crippen LogP contribution in [0.15, 0.2) is 41.6 Å². The second-order valence-corrected chi connectivity index (χ2v) is 3.64. The van der Waals surface area contributed by atoms with Gasteiger partial charge in [-0.3, -0.25) is 4.79 Å². The molecule has 0 radical (unpaired) electrons. The van der Waals surface area contributed by atoms with E-state index in [9.17, 15) is 4.79 Å². The van der Waals surface area contributed by atoms with Gasteiger partial charge in [0.15, 0.2) is 0 Å². The van der Waals surface area contributed by atoms with Crippen LogP contribution in [-0.2, 0) is 11.2 Å². The van der Waals surface area contributed by atoms with E-state index in [2.05, 4.69) is 5.32 Å². The van der Waals surface area contributed by atoms with E-state index in [-0.39, 0.29) is 5.57 Å². The monoisotopic (exact) mass is 229 g/mol. The topological polar surface area (TPSA) is 78.9 Å². The summed E-state index contributed by atoms with van der Waals surface area (Å²) in [6, 6.07) is 11.8. The molecule has 0 saturated carbocycles. The molecule has 3 N–H and O–H groups in total. The molecular weight excluding hydrogens is 214 g/mol. The normalized spacial score (nSPS) is 11.3. The summed E-state index contributed by atoms with van der Waals surface area (Å²) in [5.74, 6) is -0.697. The first kappa shape index (κ1) is 12.8. The lowest BCUT2D eigenvalue weighted by Crippen LogP contribution is -2.22. The van der Waals surface area contributed by atoms with Crippen LogP contribution < -0.4 is 11.1 Å². The first-order chi connectivity index (χ1) is 8.15. The highest BCUT2D eigenvalue weighted by atomic mass is 16.1. The van der Waals surface area contributed by atoms with E-state index < -0.39 is 5.91 Å². The summed E-state index contributed by atoms with van der Waals surface area (Å²) in [5.41, 5.74) is 6.78. The maximum Gasteiger partial charge on any atom is 0.261 e. The molecule has 0 bridgehead atoms. The highest BCUT2D eigenvalue weighted by molar-refractivity contribution is 5.96. The number of primary amides is 1. The SMILES string of the molecule is C/C(NCCc1ccccc1)=C(/C#N)C(N)=O. The van der Waals surface area contributed by atoms with Gasteiger partial charge in [-0.15, -0.1) is 0 Å². The average molecular weight is 229 g/mol. The van der Waals surface area contributed by atoms with Crippen molar-refractivity contribution < 1.29 is 4.79 Å². The molecule has 0 aliphatic heterocycles. The first-order valence-corrected chi connectivity index (χ1v) is 5.33. The third-order valence-electron chi connectivity index (χ3n) is 2.38. The summed E-state index contributed by atoms with van der Waals surface area (Å²) in [7, 11) is 0. The molecule has 1 aromatic carbocycles. The summed E-state index contributed by atoms with van der Waals surface area (Å²) in [6.07, 6.45) is 0.829. The van der Waals surface area contributed by atoms with Crippen molar-refractivity contribution in [3.05, 3.63) is 47.2 Å². The Balaban J connectivity index is 2.52. The van der Waals surface area contributed by atoms with Gasteiger partial charge < -0.3 is 11.1 Å². The molecule has 88 valence electrons. The van der Waals surface area contributed by atoms with E-state index in [0.717, 1.165) is 6.42 Å².